The second-order valence-electron chi connectivity index (χ2n) is 4.79. The van der Waals surface area contributed by atoms with Crippen LogP contribution in [0.25, 0.3) is 0 Å². The van der Waals surface area contributed by atoms with Crippen molar-refractivity contribution in [3.05, 3.63) is 58.2 Å². The summed E-state index contributed by atoms with van der Waals surface area (Å²) in [7, 11) is 0. The van der Waals surface area contributed by atoms with Crippen LogP contribution in [0.5, 0.6) is 0 Å². The zero-order valence-electron chi connectivity index (χ0n) is 12.5. The van der Waals surface area contributed by atoms with E-state index in [9.17, 15) is 18.8 Å². The summed E-state index contributed by atoms with van der Waals surface area (Å²) in [6.07, 6.45) is 0. The third-order valence-corrected chi connectivity index (χ3v) is 3.38. The minimum atomic E-state index is -1.09. The SMILES string of the molecule is CCOC(=O)C1=C(C)OC(N)=C(C#N)C1c1ccc(F)c(F)c1. The highest BCUT2D eigenvalue weighted by Gasteiger charge is 2.36. The average Bonchev–Trinajstić information content (AvgIpc) is 2.49. The maximum atomic E-state index is 13.6. The maximum Gasteiger partial charge on any atom is 0.338 e. The van der Waals surface area contributed by atoms with Crippen LogP contribution in [0, 0.1) is 23.0 Å². The van der Waals surface area contributed by atoms with Crippen molar-refractivity contribution < 1.29 is 23.0 Å². The number of carbonyl (C=O) groups is 1. The van der Waals surface area contributed by atoms with Gasteiger partial charge in [-0.3, -0.25) is 0 Å². The van der Waals surface area contributed by atoms with Gasteiger partial charge in [0.15, 0.2) is 11.6 Å². The summed E-state index contributed by atoms with van der Waals surface area (Å²) in [4.78, 5) is 12.2. The maximum absolute atomic E-state index is 13.6. The first-order valence-corrected chi connectivity index (χ1v) is 6.81. The van der Waals surface area contributed by atoms with E-state index < -0.39 is 23.5 Å². The van der Waals surface area contributed by atoms with Gasteiger partial charge >= 0.3 is 5.97 Å². The van der Waals surface area contributed by atoms with Gasteiger partial charge in [-0.25, -0.2) is 13.6 Å². The smallest absolute Gasteiger partial charge is 0.338 e. The van der Waals surface area contributed by atoms with Gasteiger partial charge in [-0.1, -0.05) is 6.07 Å². The molecule has 1 aliphatic heterocycles. The summed E-state index contributed by atoms with van der Waals surface area (Å²) >= 11 is 0. The summed E-state index contributed by atoms with van der Waals surface area (Å²) in [6.45, 7) is 3.22. The Morgan fingerprint density at radius 3 is 2.70 bits per heavy atom. The monoisotopic (exact) mass is 320 g/mol. The molecule has 0 bridgehead atoms. The van der Waals surface area contributed by atoms with Crippen molar-refractivity contribution in [2.24, 2.45) is 5.73 Å². The molecule has 0 radical (unpaired) electrons. The van der Waals surface area contributed by atoms with Gasteiger partial charge in [0, 0.05) is 0 Å². The molecular weight excluding hydrogens is 306 g/mol. The predicted octanol–water partition coefficient (Wildman–Crippen LogP) is 2.61. The van der Waals surface area contributed by atoms with Crippen LogP contribution in [0.4, 0.5) is 8.78 Å². The van der Waals surface area contributed by atoms with Crippen molar-refractivity contribution in [1.82, 2.24) is 0 Å². The van der Waals surface area contributed by atoms with Gasteiger partial charge in [0.25, 0.3) is 0 Å². The Bertz CT molecular complexity index is 763. The molecule has 1 heterocycles. The molecule has 0 fully saturated rings. The Labute approximate surface area is 131 Å². The van der Waals surface area contributed by atoms with Crippen LogP contribution in [-0.4, -0.2) is 12.6 Å². The number of nitrogens with two attached hydrogens (primary N) is 1. The van der Waals surface area contributed by atoms with E-state index in [0.717, 1.165) is 12.1 Å². The van der Waals surface area contributed by atoms with E-state index in [4.69, 9.17) is 15.2 Å². The van der Waals surface area contributed by atoms with Gasteiger partial charge < -0.3 is 15.2 Å². The summed E-state index contributed by atoms with van der Waals surface area (Å²) < 4.78 is 36.9. The summed E-state index contributed by atoms with van der Waals surface area (Å²) in [5.41, 5.74) is 5.86. The van der Waals surface area contributed by atoms with Crippen LogP contribution < -0.4 is 5.73 Å². The Balaban J connectivity index is 2.64. The molecule has 0 aliphatic carbocycles. The molecule has 2 rings (SSSR count). The van der Waals surface area contributed by atoms with Crippen LogP contribution in [0.3, 0.4) is 0 Å². The predicted molar refractivity (Wildman–Crippen MR) is 76.3 cm³/mol. The highest BCUT2D eigenvalue weighted by Crippen LogP contribution is 2.39. The number of hydrogen-bond acceptors (Lipinski definition) is 5. The minimum Gasteiger partial charge on any atom is -0.463 e. The van der Waals surface area contributed by atoms with Crippen LogP contribution >= 0.6 is 0 Å². The van der Waals surface area contributed by atoms with Gasteiger partial charge in [-0.2, -0.15) is 5.26 Å². The molecule has 0 aromatic heterocycles. The molecule has 0 spiro atoms. The molecule has 23 heavy (non-hydrogen) atoms. The Hall–Kier alpha value is -2.88. The second kappa shape index (κ2) is 6.48. The highest BCUT2D eigenvalue weighted by molar-refractivity contribution is 5.92. The van der Waals surface area contributed by atoms with E-state index in [1.165, 1.54) is 13.0 Å². The molecule has 1 atom stereocenters. The number of hydrogen-bond donors (Lipinski definition) is 1. The number of rotatable bonds is 3. The second-order valence-corrected chi connectivity index (χ2v) is 4.79. The number of nitriles is 1. The molecular formula is C16H14F2N2O3. The van der Waals surface area contributed by atoms with Crippen LogP contribution in [-0.2, 0) is 14.3 Å². The number of allylic oxidation sites excluding steroid dienone is 2. The number of nitrogens with zero attached hydrogens (tertiary/aromatic N) is 1. The molecule has 5 nitrogen and oxygen atoms in total. The van der Waals surface area contributed by atoms with Crippen molar-refractivity contribution in [2.75, 3.05) is 6.61 Å². The van der Waals surface area contributed by atoms with Crippen LogP contribution in [0.15, 0.2) is 41.0 Å². The molecule has 1 unspecified atom stereocenters. The standard InChI is InChI=1S/C16H14F2N2O3/c1-3-22-16(21)13-8(2)23-15(20)10(7-19)14(13)9-4-5-11(17)12(18)6-9/h4-6,14H,3,20H2,1-2H3. The molecule has 0 amide bonds. The Morgan fingerprint density at radius 1 is 1.43 bits per heavy atom. The largest absolute Gasteiger partial charge is 0.463 e. The highest BCUT2D eigenvalue weighted by atomic mass is 19.2. The lowest BCUT2D eigenvalue weighted by atomic mass is 9.83. The van der Waals surface area contributed by atoms with Crippen LogP contribution in [0.1, 0.15) is 25.3 Å². The quantitative estimate of drug-likeness (QED) is 0.865. The number of benzene rings is 1. The van der Waals surface area contributed by atoms with E-state index in [-0.39, 0.29) is 35.0 Å². The molecule has 7 heteroatoms. The summed E-state index contributed by atoms with van der Waals surface area (Å²) in [5.74, 6) is -3.86. The van der Waals surface area contributed by atoms with Crippen molar-refractivity contribution in [3.8, 4) is 6.07 Å². The van der Waals surface area contributed by atoms with E-state index in [1.807, 2.05) is 6.07 Å². The molecule has 0 saturated carbocycles. The molecule has 2 N–H and O–H groups in total. The minimum absolute atomic E-state index is 0.0311. The van der Waals surface area contributed by atoms with Crippen LogP contribution in [0.2, 0.25) is 0 Å². The average molecular weight is 320 g/mol. The molecule has 120 valence electrons. The zero-order valence-corrected chi connectivity index (χ0v) is 12.5. The van der Waals surface area contributed by atoms with E-state index >= 15 is 0 Å². The van der Waals surface area contributed by atoms with Crippen molar-refractivity contribution in [1.29, 1.82) is 5.26 Å². The molecule has 1 aliphatic rings. The van der Waals surface area contributed by atoms with Crippen molar-refractivity contribution in [3.63, 3.8) is 0 Å². The lowest BCUT2D eigenvalue weighted by Crippen LogP contribution is -2.25. The van der Waals surface area contributed by atoms with Gasteiger partial charge in [0.05, 0.1) is 18.1 Å². The summed E-state index contributed by atoms with van der Waals surface area (Å²) in [6, 6.07) is 4.98. The fourth-order valence-corrected chi connectivity index (χ4v) is 2.38. The fourth-order valence-electron chi connectivity index (χ4n) is 2.38. The first-order valence-electron chi connectivity index (χ1n) is 6.81. The fraction of sp³-hybridized carbons (Fsp3) is 0.250. The Kier molecular flexibility index (Phi) is 4.65. The summed E-state index contributed by atoms with van der Waals surface area (Å²) in [5, 5.41) is 9.32. The Morgan fingerprint density at radius 2 is 2.13 bits per heavy atom. The van der Waals surface area contributed by atoms with E-state index in [2.05, 4.69) is 0 Å². The number of carbonyl (C=O) groups excluding carboxylic acids is 1. The zero-order chi connectivity index (χ0) is 17.1. The first kappa shape index (κ1) is 16.5. The first-order chi connectivity index (χ1) is 10.9. The van der Waals surface area contributed by atoms with E-state index in [0.29, 0.717) is 0 Å². The lowest BCUT2D eigenvalue weighted by Gasteiger charge is -2.26. The third kappa shape index (κ3) is 3.01. The van der Waals surface area contributed by atoms with Crippen molar-refractivity contribution >= 4 is 5.97 Å². The number of halogens is 2. The molecule has 1 aromatic rings. The lowest BCUT2D eigenvalue weighted by molar-refractivity contribution is -0.139. The normalized spacial score (nSPS) is 17.6. The molecule has 0 saturated heterocycles. The van der Waals surface area contributed by atoms with Gasteiger partial charge in [0.1, 0.15) is 17.4 Å². The third-order valence-electron chi connectivity index (χ3n) is 3.38. The van der Waals surface area contributed by atoms with Crippen molar-refractivity contribution in [2.45, 2.75) is 19.8 Å². The van der Waals surface area contributed by atoms with E-state index in [1.54, 1.807) is 6.92 Å². The molecule has 1 aromatic carbocycles. The topological polar surface area (TPSA) is 85.3 Å². The van der Waals surface area contributed by atoms with Gasteiger partial charge in [0.2, 0.25) is 5.88 Å². The number of ether oxygens (including phenoxy) is 2. The van der Waals surface area contributed by atoms with Gasteiger partial charge in [-0.15, -0.1) is 0 Å². The number of esters is 1. The van der Waals surface area contributed by atoms with Gasteiger partial charge in [-0.05, 0) is 31.5 Å².